The maximum absolute atomic E-state index is 13.1. The summed E-state index contributed by atoms with van der Waals surface area (Å²) >= 11 is 1.49. The van der Waals surface area contributed by atoms with Crippen LogP contribution < -0.4 is 10.6 Å². The summed E-state index contributed by atoms with van der Waals surface area (Å²) in [7, 11) is 0. The summed E-state index contributed by atoms with van der Waals surface area (Å²) in [6.07, 6.45) is 5.99. The van der Waals surface area contributed by atoms with E-state index in [0.717, 1.165) is 56.3 Å². The second kappa shape index (κ2) is 9.26. The molecule has 1 saturated heterocycles. The molecule has 1 atom stereocenters. The van der Waals surface area contributed by atoms with Crippen molar-refractivity contribution in [3.05, 3.63) is 58.1 Å². The molecule has 0 saturated carbocycles. The highest BCUT2D eigenvalue weighted by atomic mass is 32.1. The van der Waals surface area contributed by atoms with Gasteiger partial charge in [0.05, 0.1) is 11.7 Å². The fraction of sp³-hybridized carbons (Fsp3) is 0.375. The van der Waals surface area contributed by atoms with Crippen LogP contribution in [0.4, 0.5) is 5.00 Å². The number of hydrogen-bond donors (Lipinski definition) is 2. The number of fused-ring (bicyclic) bond motifs is 1. The molecule has 1 fully saturated rings. The molecule has 1 unspecified atom stereocenters. The lowest BCUT2D eigenvalue weighted by Gasteiger charge is -2.15. The van der Waals surface area contributed by atoms with Gasteiger partial charge in [0.25, 0.3) is 11.8 Å². The van der Waals surface area contributed by atoms with Gasteiger partial charge in [-0.1, -0.05) is 35.5 Å². The Hall–Kier alpha value is -2.97. The summed E-state index contributed by atoms with van der Waals surface area (Å²) in [5.74, 6) is -0.0150. The van der Waals surface area contributed by atoms with E-state index in [4.69, 9.17) is 9.26 Å². The van der Waals surface area contributed by atoms with Crippen molar-refractivity contribution in [2.75, 3.05) is 18.5 Å². The minimum atomic E-state index is -0.386. The number of carbonyl (C=O) groups excluding carboxylic acids is 2. The number of aromatic nitrogens is 1. The van der Waals surface area contributed by atoms with Gasteiger partial charge in [-0.3, -0.25) is 9.59 Å². The van der Waals surface area contributed by atoms with E-state index in [0.29, 0.717) is 22.9 Å². The van der Waals surface area contributed by atoms with Gasteiger partial charge in [-0.25, -0.2) is 0 Å². The molecule has 166 valence electrons. The van der Waals surface area contributed by atoms with Gasteiger partial charge in [-0.15, -0.1) is 11.3 Å². The fourth-order valence-electron chi connectivity index (χ4n) is 4.28. The van der Waals surface area contributed by atoms with Gasteiger partial charge in [-0.2, -0.15) is 0 Å². The van der Waals surface area contributed by atoms with Crippen molar-refractivity contribution >= 4 is 28.2 Å². The highest BCUT2D eigenvalue weighted by Gasteiger charge is 2.28. The first-order valence-corrected chi connectivity index (χ1v) is 11.9. The van der Waals surface area contributed by atoms with Crippen molar-refractivity contribution in [3.8, 4) is 11.3 Å². The van der Waals surface area contributed by atoms with Crippen LogP contribution in [0.3, 0.4) is 0 Å². The van der Waals surface area contributed by atoms with Gasteiger partial charge in [-0.05, 0) is 44.1 Å². The molecule has 0 bridgehead atoms. The van der Waals surface area contributed by atoms with Crippen LogP contribution in [0.1, 0.15) is 57.0 Å². The van der Waals surface area contributed by atoms with E-state index in [2.05, 4.69) is 15.8 Å². The van der Waals surface area contributed by atoms with Crippen molar-refractivity contribution in [1.29, 1.82) is 0 Å². The van der Waals surface area contributed by atoms with Crippen molar-refractivity contribution in [1.82, 2.24) is 10.5 Å². The zero-order valence-electron chi connectivity index (χ0n) is 17.7. The van der Waals surface area contributed by atoms with Gasteiger partial charge in [0, 0.05) is 29.7 Å². The predicted octanol–water partition coefficient (Wildman–Crippen LogP) is 4.44. The van der Waals surface area contributed by atoms with Gasteiger partial charge in [0.2, 0.25) is 0 Å². The molecule has 2 amide bonds. The monoisotopic (exact) mass is 451 g/mol. The van der Waals surface area contributed by atoms with E-state index in [1.165, 1.54) is 16.2 Å². The molecule has 8 heteroatoms. The number of amides is 2. The maximum Gasteiger partial charge on any atom is 0.278 e. The number of carbonyl (C=O) groups is 2. The Morgan fingerprint density at radius 3 is 2.75 bits per heavy atom. The summed E-state index contributed by atoms with van der Waals surface area (Å²) in [6.45, 7) is 1.24. The van der Waals surface area contributed by atoms with Crippen LogP contribution in [0, 0.1) is 0 Å². The van der Waals surface area contributed by atoms with Crippen molar-refractivity contribution in [3.63, 3.8) is 0 Å². The van der Waals surface area contributed by atoms with Crippen LogP contribution >= 0.6 is 11.3 Å². The molecular weight excluding hydrogens is 426 g/mol. The molecule has 3 heterocycles. The third-order valence-corrected chi connectivity index (χ3v) is 7.15. The van der Waals surface area contributed by atoms with Crippen molar-refractivity contribution in [2.45, 2.75) is 44.6 Å². The quantitative estimate of drug-likeness (QED) is 0.578. The first-order valence-electron chi connectivity index (χ1n) is 11.1. The third-order valence-electron chi connectivity index (χ3n) is 5.94. The number of nitrogens with one attached hydrogen (secondary N) is 2. The fourth-order valence-corrected chi connectivity index (χ4v) is 5.56. The molecule has 2 N–H and O–H groups in total. The Bertz CT molecular complexity index is 1120. The van der Waals surface area contributed by atoms with E-state index in [1.807, 2.05) is 30.3 Å². The largest absolute Gasteiger partial charge is 0.376 e. The van der Waals surface area contributed by atoms with Gasteiger partial charge >= 0.3 is 0 Å². The second-order valence-electron chi connectivity index (χ2n) is 8.16. The number of rotatable bonds is 6. The first kappa shape index (κ1) is 20.9. The Morgan fingerprint density at radius 2 is 1.94 bits per heavy atom. The van der Waals surface area contributed by atoms with Crippen LogP contribution in [0.15, 0.2) is 40.9 Å². The number of ether oxygens (including phenoxy) is 1. The number of hydrogen-bond acceptors (Lipinski definition) is 6. The number of benzene rings is 1. The Kier molecular flexibility index (Phi) is 6.05. The minimum absolute atomic E-state index is 0.0676. The summed E-state index contributed by atoms with van der Waals surface area (Å²) in [4.78, 5) is 27.2. The number of thiophene rings is 1. The molecule has 2 aliphatic rings. The number of nitrogens with zero attached hydrogens (tertiary/aromatic N) is 1. The van der Waals surface area contributed by atoms with Crippen LogP contribution in [0.5, 0.6) is 0 Å². The molecule has 7 nitrogen and oxygen atoms in total. The molecular formula is C24H25N3O4S. The average molecular weight is 452 g/mol. The molecule has 0 radical (unpaired) electrons. The van der Waals surface area contributed by atoms with Gasteiger partial charge in [0.1, 0.15) is 5.00 Å². The number of aryl methyl sites for hydroxylation is 1. The standard InChI is InChI=1S/C24H25N3O4S/c28-22(18-13-19(31-27-18)15-7-2-1-3-8-15)26-24-21(17-10-4-5-11-20(17)32-24)23(29)25-14-16-9-6-12-30-16/h1-3,7-8,13,16H,4-6,9-12,14H2,(H,25,29)(H,26,28). The van der Waals surface area contributed by atoms with E-state index in [-0.39, 0.29) is 23.6 Å². The topological polar surface area (TPSA) is 93.5 Å². The molecule has 1 aromatic carbocycles. The average Bonchev–Trinajstić information content (AvgIpc) is 3.57. The van der Waals surface area contributed by atoms with E-state index in [9.17, 15) is 9.59 Å². The normalized spacial score (nSPS) is 17.7. The maximum atomic E-state index is 13.1. The summed E-state index contributed by atoms with van der Waals surface area (Å²) in [5.41, 5.74) is 2.68. The molecule has 2 aromatic heterocycles. The van der Waals surface area contributed by atoms with Crippen LogP contribution in [0.25, 0.3) is 11.3 Å². The van der Waals surface area contributed by atoms with Crippen LogP contribution in [-0.2, 0) is 17.6 Å². The van der Waals surface area contributed by atoms with Crippen LogP contribution in [0.2, 0.25) is 0 Å². The third kappa shape index (κ3) is 4.33. The Labute approximate surface area is 190 Å². The zero-order valence-corrected chi connectivity index (χ0v) is 18.5. The van der Waals surface area contributed by atoms with Crippen molar-refractivity contribution in [2.24, 2.45) is 0 Å². The zero-order chi connectivity index (χ0) is 21.9. The molecule has 3 aromatic rings. The predicted molar refractivity (Wildman–Crippen MR) is 122 cm³/mol. The lowest BCUT2D eigenvalue weighted by Crippen LogP contribution is -2.32. The van der Waals surface area contributed by atoms with Gasteiger partial charge < -0.3 is 19.9 Å². The van der Waals surface area contributed by atoms with Gasteiger partial charge in [0.15, 0.2) is 11.5 Å². The highest BCUT2D eigenvalue weighted by molar-refractivity contribution is 7.17. The SMILES string of the molecule is O=C(Nc1sc2c(c1C(=O)NCC1CCCO1)CCCC2)c1cc(-c2ccccc2)on1. The van der Waals surface area contributed by atoms with Crippen molar-refractivity contribution < 1.29 is 18.8 Å². The minimum Gasteiger partial charge on any atom is -0.376 e. The smallest absolute Gasteiger partial charge is 0.278 e. The number of anilines is 1. The highest BCUT2D eigenvalue weighted by Crippen LogP contribution is 2.38. The summed E-state index contributed by atoms with van der Waals surface area (Å²) < 4.78 is 11.0. The first-order chi connectivity index (χ1) is 15.7. The molecule has 1 aliphatic carbocycles. The summed E-state index contributed by atoms with van der Waals surface area (Å²) in [6, 6.07) is 11.1. The van der Waals surface area contributed by atoms with E-state index >= 15 is 0 Å². The Balaban J connectivity index is 1.36. The Morgan fingerprint density at radius 1 is 1.09 bits per heavy atom. The van der Waals surface area contributed by atoms with Crippen LogP contribution in [-0.4, -0.2) is 36.2 Å². The second-order valence-corrected chi connectivity index (χ2v) is 9.26. The molecule has 5 rings (SSSR count). The lowest BCUT2D eigenvalue weighted by atomic mass is 9.95. The lowest BCUT2D eigenvalue weighted by molar-refractivity contribution is 0.0858. The molecule has 1 aliphatic heterocycles. The van der Waals surface area contributed by atoms with E-state index in [1.54, 1.807) is 6.07 Å². The molecule has 0 spiro atoms. The summed E-state index contributed by atoms with van der Waals surface area (Å²) in [5, 5.41) is 10.4. The van der Waals surface area contributed by atoms with E-state index < -0.39 is 0 Å². The molecule has 32 heavy (non-hydrogen) atoms.